The predicted octanol–water partition coefficient (Wildman–Crippen LogP) is 5.06. The van der Waals surface area contributed by atoms with Gasteiger partial charge < -0.3 is 5.32 Å². The number of nitrogens with zero attached hydrogens (tertiary/aromatic N) is 5. The molecule has 2 atom stereocenters. The average molecular weight is 654 g/mol. The van der Waals surface area contributed by atoms with Crippen LogP contribution in [0.15, 0.2) is 79.1 Å². The average Bonchev–Trinajstić information content (AvgIpc) is 3.49. The first-order valence-corrected chi connectivity index (χ1v) is 16.9. The van der Waals surface area contributed by atoms with Crippen LogP contribution in [-0.4, -0.2) is 57.7 Å². The van der Waals surface area contributed by atoms with Gasteiger partial charge in [-0.2, -0.15) is 0 Å². The fraction of sp³-hybridized carbons (Fsp3) is 0.344. The summed E-state index contributed by atoms with van der Waals surface area (Å²) < 4.78 is 30.0. The van der Waals surface area contributed by atoms with Crippen molar-refractivity contribution in [3.05, 3.63) is 112 Å². The molecule has 0 saturated carbocycles. The first kappa shape index (κ1) is 30.6. The summed E-state index contributed by atoms with van der Waals surface area (Å²) >= 11 is 12.1. The summed E-state index contributed by atoms with van der Waals surface area (Å²) in [6.45, 7) is 10.7. The van der Waals surface area contributed by atoms with E-state index in [0.717, 1.165) is 49.6 Å². The van der Waals surface area contributed by atoms with Crippen molar-refractivity contribution in [3.63, 3.8) is 0 Å². The third kappa shape index (κ3) is 5.96. The molecule has 3 heterocycles. The number of halogens is 2. The number of rotatable bonds is 9. The summed E-state index contributed by atoms with van der Waals surface area (Å²) in [5, 5.41) is 11.8. The van der Waals surface area contributed by atoms with Crippen LogP contribution in [0.2, 0.25) is 10.0 Å². The Hall–Kier alpha value is -3.44. The number of benzene rings is 2. The van der Waals surface area contributed by atoms with Gasteiger partial charge >= 0.3 is 0 Å². The molecule has 1 amide bonds. The molecule has 0 radical (unpaired) electrons. The molecule has 3 aromatic rings. The number of hydrogen-bond donors (Lipinski definition) is 1. The minimum atomic E-state index is -4.11. The lowest BCUT2D eigenvalue weighted by Gasteiger charge is -2.33. The number of amides is 1. The van der Waals surface area contributed by atoms with E-state index in [1.54, 1.807) is 0 Å². The normalized spacial score (nSPS) is 20.2. The van der Waals surface area contributed by atoms with E-state index in [4.69, 9.17) is 23.2 Å². The summed E-state index contributed by atoms with van der Waals surface area (Å²) in [5.74, 6) is -0.180. The molecular weight excluding hydrogens is 619 g/mol. The van der Waals surface area contributed by atoms with E-state index in [1.165, 1.54) is 52.9 Å². The topological polar surface area (TPSA) is 100 Å². The minimum absolute atomic E-state index is 0.0189. The van der Waals surface area contributed by atoms with Crippen LogP contribution >= 0.6 is 23.2 Å². The van der Waals surface area contributed by atoms with Gasteiger partial charge in [-0.05, 0) is 66.1 Å². The van der Waals surface area contributed by atoms with E-state index < -0.39 is 22.0 Å². The summed E-state index contributed by atoms with van der Waals surface area (Å²) in [6, 6.07) is 7.74. The number of carbonyl (C=O) groups is 1. The first-order valence-electron chi connectivity index (χ1n) is 14.7. The minimum Gasteiger partial charge on any atom is -0.329 e. The van der Waals surface area contributed by atoms with Crippen LogP contribution < -0.4 is 5.32 Å². The lowest BCUT2D eigenvalue weighted by molar-refractivity contribution is -0.124. The zero-order chi connectivity index (χ0) is 31.0. The number of fused-ring (bicyclic) bond motifs is 2. The van der Waals surface area contributed by atoms with Gasteiger partial charge in [0.15, 0.2) is 0 Å². The SMILES string of the molecule is C=CC(C=C)CN1CCc2cc3c(cc2C1)CCC[C@H]3n1cc(C[C@@H]2C(=O)NC=CN2S(=O)(=O)c2ccc(Cl)c(Cl)c2)nn1. The zero-order valence-corrected chi connectivity index (χ0v) is 26.5. The van der Waals surface area contributed by atoms with Crippen molar-refractivity contribution in [2.45, 2.75) is 55.6 Å². The fourth-order valence-electron chi connectivity index (χ4n) is 6.34. The molecule has 230 valence electrons. The molecule has 12 heteroatoms. The smallest absolute Gasteiger partial charge is 0.264 e. The van der Waals surface area contributed by atoms with Crippen LogP contribution in [-0.2, 0) is 40.6 Å². The van der Waals surface area contributed by atoms with E-state index >= 15 is 0 Å². The molecule has 3 aliphatic rings. The monoisotopic (exact) mass is 652 g/mol. The van der Waals surface area contributed by atoms with E-state index in [-0.39, 0.29) is 33.3 Å². The highest BCUT2D eigenvalue weighted by molar-refractivity contribution is 7.89. The Morgan fingerprint density at radius 1 is 1.07 bits per heavy atom. The van der Waals surface area contributed by atoms with Gasteiger partial charge in [-0.15, -0.1) is 18.3 Å². The van der Waals surface area contributed by atoms with Gasteiger partial charge in [0.1, 0.15) is 6.04 Å². The van der Waals surface area contributed by atoms with Gasteiger partial charge in [0.2, 0.25) is 5.91 Å². The summed E-state index contributed by atoms with van der Waals surface area (Å²) in [5.41, 5.74) is 5.86. The van der Waals surface area contributed by atoms with Gasteiger partial charge in [-0.1, -0.05) is 52.7 Å². The standard InChI is InChI=1S/C32H34Cl2N6O3S/c1-3-21(4-2)18-38-12-10-22-15-27-23(14-24(22)19-38)6-5-7-30(27)39-20-25(36-37-39)16-31-32(41)35-11-13-40(31)44(42,43)26-8-9-28(33)29(34)17-26/h3-4,8-9,11,13-15,17,20-21,30-31H,1-2,5-7,10,12,16,18-19H2,(H,35,41)/t30-,31-/m1/s1. The van der Waals surface area contributed by atoms with Crippen molar-refractivity contribution in [2.75, 3.05) is 13.1 Å². The molecule has 6 rings (SSSR count). The molecule has 2 aliphatic heterocycles. The van der Waals surface area contributed by atoms with E-state index in [1.807, 2.05) is 23.0 Å². The van der Waals surface area contributed by atoms with Gasteiger partial charge in [0.25, 0.3) is 10.0 Å². The Kier molecular flexibility index (Phi) is 8.70. The quantitative estimate of drug-likeness (QED) is 0.324. The van der Waals surface area contributed by atoms with Gasteiger partial charge in [0.05, 0.1) is 26.7 Å². The highest BCUT2D eigenvalue weighted by atomic mass is 35.5. The Morgan fingerprint density at radius 3 is 2.66 bits per heavy atom. The summed E-state index contributed by atoms with van der Waals surface area (Å²) in [7, 11) is -4.11. The Labute approximate surface area is 267 Å². The molecule has 1 aliphatic carbocycles. The van der Waals surface area contributed by atoms with E-state index in [0.29, 0.717) is 5.69 Å². The maximum absolute atomic E-state index is 13.5. The van der Waals surface area contributed by atoms with Crippen LogP contribution in [0.4, 0.5) is 0 Å². The van der Waals surface area contributed by atoms with Crippen LogP contribution in [0.1, 0.15) is 46.8 Å². The maximum Gasteiger partial charge on any atom is 0.264 e. The second kappa shape index (κ2) is 12.5. The molecule has 44 heavy (non-hydrogen) atoms. The second-order valence-corrected chi connectivity index (χ2v) is 14.2. The lowest BCUT2D eigenvalue weighted by Crippen LogP contribution is -2.50. The van der Waals surface area contributed by atoms with E-state index in [9.17, 15) is 13.2 Å². The van der Waals surface area contributed by atoms with Crippen molar-refractivity contribution < 1.29 is 13.2 Å². The molecule has 0 unspecified atom stereocenters. The van der Waals surface area contributed by atoms with Crippen molar-refractivity contribution >= 4 is 39.1 Å². The molecule has 9 nitrogen and oxygen atoms in total. The predicted molar refractivity (Wildman–Crippen MR) is 171 cm³/mol. The van der Waals surface area contributed by atoms with Gasteiger partial charge in [0, 0.05) is 50.6 Å². The Balaban J connectivity index is 1.22. The first-order chi connectivity index (χ1) is 21.2. The number of aromatic nitrogens is 3. The molecule has 0 fully saturated rings. The molecule has 0 saturated heterocycles. The van der Waals surface area contributed by atoms with Crippen molar-refractivity contribution in [2.24, 2.45) is 5.92 Å². The lowest BCUT2D eigenvalue weighted by atomic mass is 9.83. The maximum atomic E-state index is 13.5. The van der Waals surface area contributed by atoms with Gasteiger partial charge in [-0.25, -0.2) is 13.1 Å². The zero-order valence-electron chi connectivity index (χ0n) is 24.2. The third-order valence-corrected chi connectivity index (χ3v) is 11.2. The fourth-order valence-corrected chi connectivity index (χ4v) is 8.17. The second-order valence-electron chi connectivity index (χ2n) is 11.5. The number of hydrogen-bond acceptors (Lipinski definition) is 6. The number of aryl methyl sites for hydroxylation is 1. The van der Waals surface area contributed by atoms with Crippen LogP contribution in [0, 0.1) is 5.92 Å². The van der Waals surface area contributed by atoms with Crippen LogP contribution in [0.3, 0.4) is 0 Å². The highest BCUT2D eigenvalue weighted by Crippen LogP contribution is 2.36. The van der Waals surface area contributed by atoms with Crippen LogP contribution in [0.25, 0.3) is 0 Å². The summed E-state index contributed by atoms with van der Waals surface area (Å²) in [4.78, 5) is 15.4. The number of carbonyl (C=O) groups excluding carboxylic acids is 1. The largest absolute Gasteiger partial charge is 0.329 e. The van der Waals surface area contributed by atoms with Gasteiger partial charge in [-0.3, -0.25) is 14.0 Å². The molecular formula is C32H34Cl2N6O3S. The number of sulfonamides is 1. The molecule has 0 bridgehead atoms. The third-order valence-electron chi connectivity index (χ3n) is 8.71. The number of nitrogens with one attached hydrogen (secondary N) is 1. The van der Waals surface area contributed by atoms with E-state index in [2.05, 4.69) is 45.8 Å². The van der Waals surface area contributed by atoms with Crippen molar-refractivity contribution in [3.8, 4) is 0 Å². The highest BCUT2D eigenvalue weighted by Gasteiger charge is 2.37. The molecule has 2 aromatic carbocycles. The van der Waals surface area contributed by atoms with Crippen molar-refractivity contribution in [1.82, 2.24) is 29.5 Å². The van der Waals surface area contributed by atoms with Crippen molar-refractivity contribution in [1.29, 1.82) is 0 Å². The Morgan fingerprint density at radius 2 is 1.89 bits per heavy atom. The summed E-state index contributed by atoms with van der Waals surface area (Å²) in [6.07, 6.45) is 12.4. The van der Waals surface area contributed by atoms with Crippen LogP contribution in [0.5, 0.6) is 0 Å². The molecule has 1 aromatic heterocycles. The molecule has 1 N–H and O–H groups in total. The Bertz CT molecular complexity index is 1750. The molecule has 0 spiro atoms.